The molecule has 0 spiro atoms. The summed E-state index contributed by atoms with van der Waals surface area (Å²) in [6.45, 7) is 5.78. The van der Waals surface area contributed by atoms with Crippen LogP contribution in [0.3, 0.4) is 0 Å². The van der Waals surface area contributed by atoms with Crippen LogP contribution in [0.1, 0.15) is 37.4 Å². The van der Waals surface area contributed by atoms with E-state index in [2.05, 4.69) is 5.32 Å². The van der Waals surface area contributed by atoms with Crippen molar-refractivity contribution < 1.29 is 13.9 Å². The van der Waals surface area contributed by atoms with Crippen molar-refractivity contribution in [3.63, 3.8) is 0 Å². The lowest BCUT2D eigenvalue weighted by Crippen LogP contribution is -2.33. The van der Waals surface area contributed by atoms with Crippen molar-refractivity contribution in [2.24, 2.45) is 0 Å². The normalized spacial score (nSPS) is 18.0. The third kappa shape index (κ3) is 3.53. The molecule has 0 amide bonds. The van der Waals surface area contributed by atoms with Gasteiger partial charge in [-0.1, -0.05) is 12.1 Å². The quantitative estimate of drug-likeness (QED) is 0.771. The van der Waals surface area contributed by atoms with Crippen LogP contribution in [-0.2, 0) is 15.9 Å². The largest absolute Gasteiger partial charge is 0.352 e. The third-order valence-electron chi connectivity index (χ3n) is 3.45. The fourth-order valence-electron chi connectivity index (χ4n) is 2.60. The van der Waals surface area contributed by atoms with E-state index in [1.807, 2.05) is 19.9 Å². The zero-order valence-electron chi connectivity index (χ0n) is 11.6. The van der Waals surface area contributed by atoms with Crippen molar-refractivity contribution >= 4 is 0 Å². The van der Waals surface area contributed by atoms with Crippen LogP contribution in [-0.4, -0.2) is 26.0 Å². The first-order valence-electron chi connectivity index (χ1n) is 7.00. The Hall–Kier alpha value is -0.970. The number of nitrogens with one attached hydrogen (secondary N) is 1. The molecule has 0 aromatic heterocycles. The van der Waals surface area contributed by atoms with Gasteiger partial charge in [0.25, 0.3) is 0 Å². The second-order valence-corrected chi connectivity index (χ2v) is 4.65. The minimum absolute atomic E-state index is 0.0898. The van der Waals surface area contributed by atoms with E-state index in [0.29, 0.717) is 19.8 Å². The second-order valence-electron chi connectivity index (χ2n) is 4.65. The SMILES string of the molecule is CCOC(CNC1CCc2c(F)cccc21)OCC. The predicted molar refractivity (Wildman–Crippen MR) is 72.5 cm³/mol. The summed E-state index contributed by atoms with van der Waals surface area (Å²) in [5.74, 6) is -0.0898. The molecule has 0 bridgehead atoms. The van der Waals surface area contributed by atoms with Crippen LogP contribution in [0.5, 0.6) is 0 Å². The topological polar surface area (TPSA) is 30.5 Å². The van der Waals surface area contributed by atoms with Gasteiger partial charge in [-0.3, -0.25) is 0 Å². The van der Waals surface area contributed by atoms with Gasteiger partial charge in [0.05, 0.1) is 0 Å². The lowest BCUT2D eigenvalue weighted by molar-refractivity contribution is -0.133. The van der Waals surface area contributed by atoms with E-state index in [9.17, 15) is 4.39 Å². The molecule has 0 fully saturated rings. The zero-order chi connectivity index (χ0) is 13.7. The molecule has 1 aromatic carbocycles. The van der Waals surface area contributed by atoms with Gasteiger partial charge in [0.2, 0.25) is 0 Å². The first-order valence-corrected chi connectivity index (χ1v) is 7.00. The van der Waals surface area contributed by atoms with Gasteiger partial charge in [0, 0.05) is 25.8 Å². The summed E-state index contributed by atoms with van der Waals surface area (Å²) in [7, 11) is 0. The average Bonchev–Trinajstić information content (AvgIpc) is 2.81. The number of fused-ring (bicyclic) bond motifs is 1. The summed E-state index contributed by atoms with van der Waals surface area (Å²) in [5, 5.41) is 3.42. The summed E-state index contributed by atoms with van der Waals surface area (Å²) in [6.07, 6.45) is 1.50. The van der Waals surface area contributed by atoms with Crippen LogP contribution >= 0.6 is 0 Å². The van der Waals surface area contributed by atoms with Gasteiger partial charge in [-0.25, -0.2) is 4.39 Å². The number of rotatable bonds is 7. The molecule has 1 atom stereocenters. The fourth-order valence-corrected chi connectivity index (χ4v) is 2.60. The molecular formula is C15H22FNO2. The molecule has 1 N–H and O–H groups in total. The monoisotopic (exact) mass is 267 g/mol. The summed E-state index contributed by atoms with van der Waals surface area (Å²) < 4.78 is 24.6. The second kappa shape index (κ2) is 6.98. The van der Waals surface area contributed by atoms with Gasteiger partial charge in [-0.15, -0.1) is 0 Å². The van der Waals surface area contributed by atoms with E-state index in [-0.39, 0.29) is 18.1 Å². The summed E-state index contributed by atoms with van der Waals surface area (Å²) in [4.78, 5) is 0. The molecule has 0 aliphatic heterocycles. The number of hydrogen-bond donors (Lipinski definition) is 1. The molecule has 2 rings (SSSR count). The van der Waals surface area contributed by atoms with Crippen molar-refractivity contribution in [1.82, 2.24) is 5.32 Å². The van der Waals surface area contributed by atoms with E-state index >= 15 is 0 Å². The molecule has 0 saturated heterocycles. The molecule has 1 aromatic rings. The van der Waals surface area contributed by atoms with Crippen LogP contribution in [0.25, 0.3) is 0 Å². The van der Waals surface area contributed by atoms with Gasteiger partial charge in [-0.05, 0) is 43.9 Å². The molecule has 0 heterocycles. The molecule has 0 radical (unpaired) electrons. The van der Waals surface area contributed by atoms with Gasteiger partial charge >= 0.3 is 0 Å². The first kappa shape index (κ1) is 14.4. The minimum Gasteiger partial charge on any atom is -0.352 e. The van der Waals surface area contributed by atoms with Gasteiger partial charge in [0.1, 0.15) is 5.82 Å². The Balaban J connectivity index is 1.93. The Morgan fingerprint density at radius 3 is 2.74 bits per heavy atom. The number of hydrogen-bond acceptors (Lipinski definition) is 3. The summed E-state index contributed by atoms with van der Waals surface area (Å²) >= 11 is 0. The van der Waals surface area contributed by atoms with E-state index in [4.69, 9.17) is 9.47 Å². The zero-order valence-corrected chi connectivity index (χ0v) is 11.6. The highest BCUT2D eigenvalue weighted by Gasteiger charge is 2.25. The summed E-state index contributed by atoms with van der Waals surface area (Å²) in [6, 6.07) is 5.51. The van der Waals surface area contributed by atoms with Crippen LogP contribution < -0.4 is 5.32 Å². The maximum absolute atomic E-state index is 13.6. The van der Waals surface area contributed by atoms with Crippen molar-refractivity contribution in [2.75, 3.05) is 19.8 Å². The van der Waals surface area contributed by atoms with E-state index in [0.717, 1.165) is 24.0 Å². The smallest absolute Gasteiger partial charge is 0.169 e. The molecule has 106 valence electrons. The molecule has 1 aliphatic carbocycles. The molecule has 4 heteroatoms. The van der Waals surface area contributed by atoms with E-state index in [1.54, 1.807) is 6.07 Å². The van der Waals surface area contributed by atoms with Gasteiger partial charge < -0.3 is 14.8 Å². The molecule has 1 aliphatic rings. The molecule has 0 saturated carbocycles. The van der Waals surface area contributed by atoms with Crippen molar-refractivity contribution in [2.45, 2.75) is 39.0 Å². The molecule has 19 heavy (non-hydrogen) atoms. The highest BCUT2D eigenvalue weighted by molar-refractivity contribution is 5.35. The Labute approximate surface area is 114 Å². The lowest BCUT2D eigenvalue weighted by atomic mass is 10.1. The van der Waals surface area contributed by atoms with Crippen molar-refractivity contribution in [1.29, 1.82) is 0 Å². The maximum Gasteiger partial charge on any atom is 0.169 e. The number of ether oxygens (including phenoxy) is 2. The van der Waals surface area contributed by atoms with Gasteiger partial charge in [0.15, 0.2) is 6.29 Å². The first-order chi connectivity index (χ1) is 9.26. The van der Waals surface area contributed by atoms with E-state index < -0.39 is 0 Å². The van der Waals surface area contributed by atoms with Crippen LogP contribution in [0, 0.1) is 5.82 Å². The third-order valence-corrected chi connectivity index (χ3v) is 3.45. The van der Waals surface area contributed by atoms with Gasteiger partial charge in [-0.2, -0.15) is 0 Å². The molecular weight excluding hydrogens is 245 g/mol. The maximum atomic E-state index is 13.6. The lowest BCUT2D eigenvalue weighted by Gasteiger charge is -2.21. The van der Waals surface area contributed by atoms with Crippen LogP contribution in [0.15, 0.2) is 18.2 Å². The molecule has 3 nitrogen and oxygen atoms in total. The van der Waals surface area contributed by atoms with E-state index in [1.165, 1.54) is 6.07 Å². The Kier molecular flexibility index (Phi) is 5.31. The van der Waals surface area contributed by atoms with Crippen LogP contribution in [0.4, 0.5) is 4.39 Å². The predicted octanol–water partition coefficient (Wildman–Crippen LogP) is 2.80. The standard InChI is InChI=1S/C15H22FNO2/c1-3-18-15(19-4-2)10-17-14-9-8-11-12(14)6-5-7-13(11)16/h5-7,14-15,17H,3-4,8-10H2,1-2H3. The Bertz CT molecular complexity index is 405. The number of benzene rings is 1. The average molecular weight is 267 g/mol. The highest BCUT2D eigenvalue weighted by atomic mass is 19.1. The fraction of sp³-hybridized carbons (Fsp3) is 0.600. The van der Waals surface area contributed by atoms with Crippen LogP contribution in [0.2, 0.25) is 0 Å². The highest BCUT2D eigenvalue weighted by Crippen LogP contribution is 2.32. The van der Waals surface area contributed by atoms with Crippen molar-refractivity contribution in [3.8, 4) is 0 Å². The minimum atomic E-state index is -0.229. The molecule has 1 unspecified atom stereocenters. The van der Waals surface area contributed by atoms with Crippen molar-refractivity contribution in [3.05, 3.63) is 35.1 Å². The summed E-state index contributed by atoms with van der Waals surface area (Å²) in [5.41, 5.74) is 1.93. The Morgan fingerprint density at radius 2 is 2.05 bits per heavy atom. The Morgan fingerprint density at radius 1 is 1.32 bits per heavy atom. The number of halogens is 1.